The molecule has 0 bridgehead atoms. The van der Waals surface area contributed by atoms with Crippen molar-refractivity contribution in [1.29, 1.82) is 0 Å². The second-order valence-corrected chi connectivity index (χ2v) is 22.3. The minimum atomic E-state index is -1.62. The van der Waals surface area contributed by atoms with Gasteiger partial charge in [-0.05, 0) is 70.6 Å². The number of ether oxygens (including phenoxy) is 4. The van der Waals surface area contributed by atoms with E-state index in [0.717, 1.165) is 51.4 Å². The number of carboxylic acid groups (broad SMARTS) is 1. The number of hydrogen-bond donors (Lipinski definition) is 0. The Morgan fingerprint density at radius 1 is 0.411 bits per heavy atom. The topological polar surface area (TPSA) is 111 Å². The first kappa shape index (κ1) is 70.5. The second kappa shape index (κ2) is 55.7. The van der Waals surface area contributed by atoms with E-state index >= 15 is 0 Å². The van der Waals surface area contributed by atoms with E-state index in [2.05, 4.69) is 50.3 Å². The summed E-state index contributed by atoms with van der Waals surface area (Å²) in [6.45, 7) is 4.75. The lowest BCUT2D eigenvalue weighted by Gasteiger charge is -2.26. The lowest BCUT2D eigenvalue weighted by molar-refractivity contribution is -0.870. The summed E-state index contributed by atoms with van der Waals surface area (Å²) in [7, 11) is 5.93. The molecule has 0 radical (unpaired) electrons. The number of rotatable bonds is 58. The van der Waals surface area contributed by atoms with E-state index in [0.29, 0.717) is 23.9 Å². The Hall–Kier alpha value is -2.49. The van der Waals surface area contributed by atoms with Crippen molar-refractivity contribution >= 4 is 17.9 Å². The molecule has 0 aromatic rings. The summed E-state index contributed by atoms with van der Waals surface area (Å²) in [5.41, 5.74) is 0. The molecule has 0 saturated carbocycles. The van der Waals surface area contributed by atoms with Crippen LogP contribution in [0.3, 0.4) is 0 Å². The van der Waals surface area contributed by atoms with Crippen LogP contribution in [-0.4, -0.2) is 82.3 Å². The van der Waals surface area contributed by atoms with E-state index in [-0.39, 0.29) is 32.2 Å². The second-order valence-electron chi connectivity index (χ2n) is 22.3. The molecule has 0 aliphatic carbocycles. The Bertz CT molecular complexity index is 1290. The van der Waals surface area contributed by atoms with Gasteiger partial charge in [-0.1, -0.05) is 249 Å². The van der Waals surface area contributed by atoms with Crippen LogP contribution >= 0.6 is 0 Å². The molecule has 428 valence electrons. The molecule has 0 fully saturated rings. The maximum absolute atomic E-state index is 12.8. The third kappa shape index (κ3) is 57.1. The van der Waals surface area contributed by atoms with Crippen molar-refractivity contribution in [2.75, 3.05) is 47.5 Å². The molecule has 0 spiro atoms. The SMILES string of the molecule is CCCCC/C=C\C/C=C\CCCCCCCCCC(=O)OC(COC(=O)CCCCCCCCCCCCCCCCCCCCC/C=C\CCCCCCCCCC)COC(OCC[N+](C)(C)C)C(=O)[O-]. The van der Waals surface area contributed by atoms with Gasteiger partial charge in [-0.25, -0.2) is 0 Å². The number of nitrogens with zero attached hydrogens (tertiary/aromatic N) is 1. The van der Waals surface area contributed by atoms with Crippen LogP contribution in [0.5, 0.6) is 0 Å². The Kier molecular flexibility index (Phi) is 53.8. The Balaban J connectivity index is 4.08. The van der Waals surface area contributed by atoms with Crippen molar-refractivity contribution in [1.82, 2.24) is 0 Å². The molecule has 0 aromatic heterocycles. The predicted molar refractivity (Wildman–Crippen MR) is 306 cm³/mol. The number of aliphatic carboxylic acids is 1. The van der Waals surface area contributed by atoms with Gasteiger partial charge in [0.15, 0.2) is 12.4 Å². The first-order chi connectivity index (χ1) is 35.6. The largest absolute Gasteiger partial charge is 0.545 e. The van der Waals surface area contributed by atoms with Crippen LogP contribution in [0.1, 0.15) is 296 Å². The van der Waals surface area contributed by atoms with Crippen molar-refractivity contribution in [2.24, 2.45) is 0 Å². The van der Waals surface area contributed by atoms with E-state index in [1.54, 1.807) is 0 Å². The summed E-state index contributed by atoms with van der Waals surface area (Å²) in [5, 5.41) is 11.8. The highest BCUT2D eigenvalue weighted by atomic mass is 16.7. The van der Waals surface area contributed by atoms with Crippen molar-refractivity contribution < 1.29 is 42.9 Å². The van der Waals surface area contributed by atoms with Gasteiger partial charge >= 0.3 is 11.9 Å². The van der Waals surface area contributed by atoms with Crippen LogP contribution in [0.2, 0.25) is 0 Å². The molecule has 0 rings (SSSR count). The fourth-order valence-electron chi connectivity index (χ4n) is 9.03. The van der Waals surface area contributed by atoms with Gasteiger partial charge in [0.05, 0.1) is 40.3 Å². The predicted octanol–water partition coefficient (Wildman–Crippen LogP) is 17.1. The van der Waals surface area contributed by atoms with E-state index < -0.39 is 24.3 Å². The van der Waals surface area contributed by atoms with Crippen molar-refractivity contribution in [2.45, 2.75) is 309 Å². The van der Waals surface area contributed by atoms with Crippen molar-refractivity contribution in [3.8, 4) is 0 Å². The first-order valence-electron chi connectivity index (χ1n) is 31.1. The van der Waals surface area contributed by atoms with Crippen molar-refractivity contribution in [3.05, 3.63) is 36.5 Å². The third-order valence-corrected chi connectivity index (χ3v) is 13.9. The number of quaternary nitrogens is 1. The summed E-state index contributed by atoms with van der Waals surface area (Å²) < 4.78 is 22.7. The summed E-state index contributed by atoms with van der Waals surface area (Å²) in [6, 6.07) is 0. The van der Waals surface area contributed by atoms with Crippen LogP contribution in [0.15, 0.2) is 36.5 Å². The molecule has 2 unspecified atom stereocenters. The maximum atomic E-state index is 12.8. The minimum Gasteiger partial charge on any atom is -0.545 e. The summed E-state index contributed by atoms with van der Waals surface area (Å²) in [4.78, 5) is 37.3. The van der Waals surface area contributed by atoms with Gasteiger partial charge in [-0.2, -0.15) is 0 Å². The highest BCUT2D eigenvalue weighted by molar-refractivity contribution is 5.70. The molecule has 73 heavy (non-hydrogen) atoms. The van der Waals surface area contributed by atoms with Gasteiger partial charge in [0.25, 0.3) is 0 Å². The van der Waals surface area contributed by atoms with Gasteiger partial charge in [0, 0.05) is 12.8 Å². The zero-order valence-electron chi connectivity index (χ0n) is 48.8. The molecule has 9 heteroatoms. The van der Waals surface area contributed by atoms with Crippen LogP contribution < -0.4 is 5.11 Å². The van der Waals surface area contributed by atoms with Crippen LogP contribution in [-0.2, 0) is 33.3 Å². The highest BCUT2D eigenvalue weighted by Crippen LogP contribution is 2.17. The summed E-state index contributed by atoms with van der Waals surface area (Å²) in [5.74, 6) is -2.28. The Labute approximate surface area is 451 Å². The average Bonchev–Trinajstić information content (AvgIpc) is 3.36. The quantitative estimate of drug-likeness (QED) is 0.0195. The number of unbranched alkanes of at least 4 members (excludes halogenated alkanes) is 37. The first-order valence-corrected chi connectivity index (χ1v) is 31.1. The van der Waals surface area contributed by atoms with E-state index in [9.17, 15) is 19.5 Å². The molecule has 0 aromatic carbocycles. The molecule has 0 amide bonds. The lowest BCUT2D eigenvalue weighted by atomic mass is 10.0. The Morgan fingerprint density at radius 2 is 0.740 bits per heavy atom. The van der Waals surface area contributed by atoms with Gasteiger partial charge in [0.1, 0.15) is 13.2 Å². The summed E-state index contributed by atoms with van der Waals surface area (Å²) >= 11 is 0. The standard InChI is InChI=1S/C64H119NO8/c1-6-8-10-12-14-16-18-20-22-24-25-26-27-28-29-30-31-32-33-34-35-36-37-39-40-42-44-46-48-50-52-54-61(66)71-58-60(59-72-64(63(68)69)70-57-56-65(3,4)5)73-62(67)55-53-51-49-47-45-43-41-38-23-21-19-17-15-13-11-9-7-2/h15,17,21,23-25,60,64H,6-14,16,18-20,22,26-59H2,1-5H3/b17-15-,23-21-,25-24-. The fourth-order valence-corrected chi connectivity index (χ4v) is 9.03. The van der Waals surface area contributed by atoms with Crippen LogP contribution in [0.25, 0.3) is 0 Å². The van der Waals surface area contributed by atoms with E-state index in [1.807, 2.05) is 21.1 Å². The third-order valence-electron chi connectivity index (χ3n) is 13.9. The van der Waals surface area contributed by atoms with E-state index in [4.69, 9.17) is 18.9 Å². The molecule has 0 N–H and O–H groups in total. The monoisotopic (exact) mass is 1030 g/mol. The molecule has 2 atom stereocenters. The smallest absolute Gasteiger partial charge is 0.306 e. The lowest BCUT2D eigenvalue weighted by Crippen LogP contribution is -2.44. The van der Waals surface area contributed by atoms with Gasteiger partial charge < -0.3 is 33.3 Å². The average molecular weight is 1030 g/mol. The number of carboxylic acids is 1. The van der Waals surface area contributed by atoms with Crippen LogP contribution in [0.4, 0.5) is 0 Å². The number of carbonyl (C=O) groups is 3. The Morgan fingerprint density at radius 3 is 1.12 bits per heavy atom. The number of esters is 2. The zero-order valence-corrected chi connectivity index (χ0v) is 48.8. The molecule has 0 heterocycles. The van der Waals surface area contributed by atoms with Crippen LogP contribution in [0, 0.1) is 0 Å². The summed E-state index contributed by atoms with van der Waals surface area (Å²) in [6.07, 6.45) is 65.0. The molecular formula is C64H119NO8. The zero-order chi connectivity index (χ0) is 53.4. The molecule has 0 saturated heterocycles. The van der Waals surface area contributed by atoms with E-state index in [1.165, 1.54) is 212 Å². The molecule has 9 nitrogen and oxygen atoms in total. The number of likely N-dealkylation sites (N-methyl/N-ethyl adjacent to an activating group) is 1. The normalized spacial score (nSPS) is 12.9. The van der Waals surface area contributed by atoms with Crippen molar-refractivity contribution in [3.63, 3.8) is 0 Å². The van der Waals surface area contributed by atoms with Gasteiger partial charge in [0.2, 0.25) is 0 Å². The number of allylic oxidation sites excluding steroid dienone is 6. The fraction of sp³-hybridized carbons (Fsp3) is 0.859. The molecule has 0 aliphatic rings. The minimum absolute atomic E-state index is 0.147. The molecule has 0 aliphatic heterocycles. The number of carbonyl (C=O) groups excluding carboxylic acids is 3. The highest BCUT2D eigenvalue weighted by Gasteiger charge is 2.22. The van der Waals surface area contributed by atoms with Gasteiger partial charge in [-0.15, -0.1) is 0 Å². The molecular weight excluding hydrogens is 911 g/mol. The number of hydrogen-bond acceptors (Lipinski definition) is 8. The van der Waals surface area contributed by atoms with Gasteiger partial charge in [-0.3, -0.25) is 9.59 Å². The maximum Gasteiger partial charge on any atom is 0.306 e.